The number of nitrogens with zero attached hydrogens (tertiary/aromatic N) is 2. The average molecular weight is 416 g/mol. The second kappa shape index (κ2) is 7.24. The summed E-state index contributed by atoms with van der Waals surface area (Å²) in [5.74, 6) is 1.12. The maximum atomic E-state index is 6.27. The van der Waals surface area contributed by atoms with Crippen molar-refractivity contribution in [3.63, 3.8) is 0 Å². The summed E-state index contributed by atoms with van der Waals surface area (Å²) in [6, 6.07) is 34.1. The molecular formula is C29H23N2O+. The maximum absolute atomic E-state index is 6.27. The number of oxazole rings is 1. The number of hydrogen-bond donors (Lipinski definition) is 0. The quantitative estimate of drug-likeness (QED) is 0.291. The Morgan fingerprint density at radius 2 is 1.31 bits per heavy atom. The minimum atomic E-state index is 0.845. The van der Waals surface area contributed by atoms with Crippen molar-refractivity contribution in [1.82, 2.24) is 4.40 Å². The van der Waals surface area contributed by atoms with Gasteiger partial charge in [-0.15, -0.1) is 0 Å². The smallest absolute Gasteiger partial charge is 0.336 e. The molecule has 0 bridgehead atoms. The molecule has 0 aliphatic rings. The highest BCUT2D eigenvalue weighted by atomic mass is 16.3. The first-order valence-electron chi connectivity index (χ1n) is 10.8. The maximum Gasteiger partial charge on any atom is 0.336 e. The molecule has 0 amide bonds. The molecule has 0 spiro atoms. The topological polar surface area (TPSA) is 21.4 Å². The van der Waals surface area contributed by atoms with Crippen LogP contribution >= 0.6 is 0 Å². The third-order valence-electron chi connectivity index (χ3n) is 6.20. The number of benzene rings is 4. The van der Waals surface area contributed by atoms with Gasteiger partial charge in [0.2, 0.25) is 0 Å². The second-order valence-electron chi connectivity index (χ2n) is 8.28. The predicted octanol–water partition coefficient (Wildman–Crippen LogP) is 6.82. The summed E-state index contributed by atoms with van der Waals surface area (Å²) in [6.45, 7) is 2.15. The number of imidazole rings is 1. The summed E-state index contributed by atoms with van der Waals surface area (Å²) in [5, 5.41) is 0. The first-order chi connectivity index (χ1) is 15.7. The summed E-state index contributed by atoms with van der Waals surface area (Å²) in [7, 11) is 2.07. The predicted molar refractivity (Wildman–Crippen MR) is 129 cm³/mol. The molecule has 4 aromatic carbocycles. The molecule has 0 saturated carbocycles. The van der Waals surface area contributed by atoms with Crippen LogP contribution < -0.4 is 4.57 Å². The van der Waals surface area contributed by atoms with Gasteiger partial charge in [0.1, 0.15) is 0 Å². The van der Waals surface area contributed by atoms with Gasteiger partial charge in [0.25, 0.3) is 5.82 Å². The zero-order chi connectivity index (χ0) is 21.7. The molecule has 0 N–H and O–H groups in total. The van der Waals surface area contributed by atoms with E-state index < -0.39 is 0 Å². The molecule has 0 aliphatic carbocycles. The number of rotatable bonds is 3. The van der Waals surface area contributed by atoms with E-state index in [0.717, 1.165) is 28.2 Å². The molecule has 154 valence electrons. The molecule has 0 unspecified atom stereocenters. The summed E-state index contributed by atoms with van der Waals surface area (Å²) in [6.07, 6.45) is 2.05. The first-order valence-corrected chi connectivity index (χ1v) is 10.8. The van der Waals surface area contributed by atoms with Crippen molar-refractivity contribution in [2.75, 3.05) is 0 Å². The minimum absolute atomic E-state index is 0.845. The standard InChI is InChI=1S/C29H23N2O/c1-20-8-6-7-11-25(20)29-30(2)19-28-31(29)26-17-16-24(18-27(26)32-28)23-14-12-22(13-15-23)21-9-4-3-5-10-21/h3-19H,1-2H3/q+1. The average Bonchev–Trinajstić information content (AvgIpc) is 3.34. The van der Waals surface area contributed by atoms with Crippen LogP contribution in [0.15, 0.2) is 108 Å². The lowest BCUT2D eigenvalue weighted by Gasteiger charge is -2.05. The first kappa shape index (κ1) is 18.6. The molecule has 6 rings (SSSR count). The van der Waals surface area contributed by atoms with Crippen LogP contribution in [0.4, 0.5) is 0 Å². The van der Waals surface area contributed by atoms with Gasteiger partial charge in [0.15, 0.2) is 17.3 Å². The largest absolute Gasteiger partial charge is 0.416 e. The fourth-order valence-electron chi connectivity index (χ4n) is 4.54. The molecule has 6 aromatic rings. The van der Waals surface area contributed by atoms with Crippen molar-refractivity contribution in [2.24, 2.45) is 7.05 Å². The van der Waals surface area contributed by atoms with Crippen LogP contribution in [-0.2, 0) is 7.05 Å². The van der Waals surface area contributed by atoms with Gasteiger partial charge in [-0.2, -0.15) is 4.40 Å². The molecule has 2 aromatic heterocycles. The Labute approximate surface area is 186 Å². The monoisotopic (exact) mass is 415 g/mol. The van der Waals surface area contributed by atoms with Gasteiger partial charge in [0, 0.05) is 0 Å². The van der Waals surface area contributed by atoms with E-state index in [1.165, 1.54) is 27.8 Å². The number of hydrogen-bond acceptors (Lipinski definition) is 1. The van der Waals surface area contributed by atoms with Crippen molar-refractivity contribution < 1.29 is 8.98 Å². The fourth-order valence-corrected chi connectivity index (χ4v) is 4.54. The third kappa shape index (κ3) is 2.94. The lowest BCUT2D eigenvalue weighted by atomic mass is 10.0. The minimum Gasteiger partial charge on any atom is -0.416 e. The highest BCUT2D eigenvalue weighted by Crippen LogP contribution is 2.32. The van der Waals surface area contributed by atoms with E-state index in [1.807, 2.05) is 6.07 Å². The van der Waals surface area contributed by atoms with Crippen LogP contribution in [0, 0.1) is 6.92 Å². The Morgan fingerprint density at radius 3 is 2.06 bits per heavy atom. The normalized spacial score (nSPS) is 11.4. The van der Waals surface area contributed by atoms with Gasteiger partial charge >= 0.3 is 5.71 Å². The van der Waals surface area contributed by atoms with Crippen LogP contribution in [0.2, 0.25) is 0 Å². The summed E-state index contributed by atoms with van der Waals surface area (Å²) < 4.78 is 10.6. The molecule has 0 atom stereocenters. The SMILES string of the molecule is Cc1ccccc1-c1n2c(c[n+]1C)oc1cc(-c3ccc(-c4ccccc4)cc3)ccc12. The number of fused-ring (bicyclic) bond motifs is 3. The van der Waals surface area contributed by atoms with Gasteiger partial charge in [-0.05, 0) is 59.0 Å². The van der Waals surface area contributed by atoms with Crippen molar-refractivity contribution in [3.8, 4) is 33.6 Å². The molecule has 32 heavy (non-hydrogen) atoms. The highest BCUT2D eigenvalue weighted by molar-refractivity contribution is 5.85. The fraction of sp³-hybridized carbons (Fsp3) is 0.0690. The number of aryl methyl sites for hydroxylation is 2. The summed E-state index contributed by atoms with van der Waals surface area (Å²) >= 11 is 0. The van der Waals surface area contributed by atoms with Crippen LogP contribution in [0.5, 0.6) is 0 Å². The van der Waals surface area contributed by atoms with Gasteiger partial charge < -0.3 is 4.42 Å². The molecular weight excluding hydrogens is 392 g/mol. The van der Waals surface area contributed by atoms with Gasteiger partial charge in [-0.1, -0.05) is 72.8 Å². The Balaban J connectivity index is 1.45. The Morgan fingerprint density at radius 1 is 0.688 bits per heavy atom. The molecule has 0 fully saturated rings. The molecule has 0 aliphatic heterocycles. The summed E-state index contributed by atoms with van der Waals surface area (Å²) in [5.41, 5.74) is 10.0. The zero-order valence-electron chi connectivity index (χ0n) is 18.1. The van der Waals surface area contributed by atoms with E-state index in [9.17, 15) is 0 Å². The van der Waals surface area contributed by atoms with E-state index >= 15 is 0 Å². The molecule has 3 nitrogen and oxygen atoms in total. The Hall–Kier alpha value is -4.11. The van der Waals surface area contributed by atoms with Gasteiger partial charge in [-0.25, -0.2) is 4.57 Å². The number of aromatic nitrogens is 2. The van der Waals surface area contributed by atoms with Crippen molar-refractivity contribution in [2.45, 2.75) is 6.92 Å². The molecule has 0 radical (unpaired) electrons. The van der Waals surface area contributed by atoms with Crippen molar-refractivity contribution in [1.29, 1.82) is 0 Å². The van der Waals surface area contributed by atoms with E-state index in [-0.39, 0.29) is 0 Å². The van der Waals surface area contributed by atoms with Crippen LogP contribution in [0.3, 0.4) is 0 Å². The van der Waals surface area contributed by atoms with Crippen LogP contribution in [0.25, 0.3) is 50.5 Å². The Bertz CT molecular complexity index is 1570. The zero-order valence-corrected chi connectivity index (χ0v) is 18.1. The molecule has 3 heteroatoms. The van der Waals surface area contributed by atoms with Gasteiger partial charge in [0.05, 0.1) is 12.6 Å². The van der Waals surface area contributed by atoms with Gasteiger partial charge in [-0.3, -0.25) is 0 Å². The summed E-state index contributed by atoms with van der Waals surface area (Å²) in [4.78, 5) is 0. The van der Waals surface area contributed by atoms with Crippen molar-refractivity contribution in [3.05, 3.63) is 109 Å². The van der Waals surface area contributed by atoms with Crippen LogP contribution in [-0.4, -0.2) is 4.40 Å². The van der Waals surface area contributed by atoms with E-state index in [1.54, 1.807) is 0 Å². The lowest BCUT2D eigenvalue weighted by Crippen LogP contribution is -2.28. The van der Waals surface area contributed by atoms with Crippen molar-refractivity contribution >= 4 is 16.8 Å². The van der Waals surface area contributed by atoms with E-state index in [2.05, 4.69) is 120 Å². The Kier molecular flexibility index (Phi) is 4.22. The molecule has 2 heterocycles. The third-order valence-corrected chi connectivity index (χ3v) is 6.20. The second-order valence-corrected chi connectivity index (χ2v) is 8.28. The molecule has 0 saturated heterocycles. The van der Waals surface area contributed by atoms with E-state index in [4.69, 9.17) is 4.42 Å². The van der Waals surface area contributed by atoms with Crippen LogP contribution in [0.1, 0.15) is 5.56 Å². The highest BCUT2D eigenvalue weighted by Gasteiger charge is 2.25. The van der Waals surface area contributed by atoms with E-state index in [0.29, 0.717) is 0 Å². The lowest BCUT2D eigenvalue weighted by molar-refractivity contribution is -0.658.